The molecule has 0 bridgehead atoms. The van der Waals surface area contributed by atoms with Crippen LogP contribution in [0.1, 0.15) is 85.9 Å². The van der Waals surface area contributed by atoms with E-state index in [1.165, 1.54) is 30.2 Å². The Morgan fingerprint density at radius 2 is 1.87 bits per heavy atom. The van der Waals surface area contributed by atoms with Crippen molar-refractivity contribution in [3.05, 3.63) is 64.2 Å². The van der Waals surface area contributed by atoms with Crippen LogP contribution in [0.4, 0.5) is 17.6 Å². The smallest absolute Gasteiger partial charge is 0.300 e. The zero-order valence-electron chi connectivity index (χ0n) is 17.9. The van der Waals surface area contributed by atoms with Gasteiger partial charge >= 0.3 is 6.18 Å². The highest BCUT2D eigenvalue weighted by molar-refractivity contribution is 5.79. The van der Waals surface area contributed by atoms with Crippen molar-refractivity contribution < 1.29 is 22.4 Å². The second-order valence-corrected chi connectivity index (χ2v) is 8.41. The lowest BCUT2D eigenvalue weighted by atomic mass is 9.89. The van der Waals surface area contributed by atoms with Gasteiger partial charge in [-0.1, -0.05) is 19.1 Å². The Labute approximate surface area is 181 Å². The second-order valence-electron chi connectivity index (χ2n) is 8.41. The van der Waals surface area contributed by atoms with E-state index in [0.717, 1.165) is 49.9 Å². The summed E-state index contributed by atoms with van der Waals surface area (Å²) < 4.78 is 52.5. The van der Waals surface area contributed by atoms with Crippen LogP contribution in [0.25, 0.3) is 0 Å². The summed E-state index contributed by atoms with van der Waals surface area (Å²) in [6, 6.07) is 7.29. The molecule has 0 aliphatic heterocycles. The fourth-order valence-corrected chi connectivity index (χ4v) is 4.28. The molecule has 1 atom stereocenters. The van der Waals surface area contributed by atoms with Crippen LogP contribution in [0.3, 0.4) is 0 Å². The zero-order valence-corrected chi connectivity index (χ0v) is 17.9. The first kappa shape index (κ1) is 23.4. The Morgan fingerprint density at radius 1 is 1.10 bits per heavy atom. The molecule has 1 heterocycles. The van der Waals surface area contributed by atoms with Crippen LogP contribution in [0.15, 0.2) is 30.3 Å². The van der Waals surface area contributed by atoms with E-state index in [9.17, 15) is 22.4 Å². The van der Waals surface area contributed by atoms with E-state index in [4.69, 9.17) is 4.98 Å². The minimum atomic E-state index is -4.74. The standard InChI is InChI=1S/C25H29F4NO/c1-2-17(19-12-14-23(26)22(16-19)25(27,28)29)15-21(31)9-5-4-8-20-13-11-18-7-3-6-10-24(18)30-20/h11-14,16-17H,2-10,15H2,1H3. The summed E-state index contributed by atoms with van der Waals surface area (Å²) >= 11 is 0. The number of alkyl halides is 3. The molecule has 1 unspecified atom stereocenters. The summed E-state index contributed by atoms with van der Waals surface area (Å²) in [4.78, 5) is 17.2. The van der Waals surface area contributed by atoms with Gasteiger partial charge in [-0.15, -0.1) is 0 Å². The van der Waals surface area contributed by atoms with Crippen molar-refractivity contribution in [1.82, 2.24) is 4.98 Å². The third-order valence-electron chi connectivity index (χ3n) is 6.11. The average molecular weight is 436 g/mol. The van der Waals surface area contributed by atoms with E-state index in [1.54, 1.807) is 0 Å². The molecule has 6 heteroatoms. The van der Waals surface area contributed by atoms with Crippen molar-refractivity contribution in [3.8, 4) is 0 Å². The molecule has 1 aliphatic carbocycles. The lowest BCUT2D eigenvalue weighted by molar-refractivity contribution is -0.140. The van der Waals surface area contributed by atoms with Crippen molar-refractivity contribution in [2.45, 2.75) is 83.2 Å². The Bertz CT molecular complexity index is 907. The van der Waals surface area contributed by atoms with Crippen LogP contribution < -0.4 is 0 Å². The largest absolute Gasteiger partial charge is 0.419 e. The summed E-state index contributed by atoms with van der Waals surface area (Å²) in [5.74, 6) is -1.59. The average Bonchev–Trinajstić information content (AvgIpc) is 2.74. The summed E-state index contributed by atoms with van der Waals surface area (Å²) in [7, 11) is 0. The normalized spacial score (nSPS) is 14.9. The molecule has 0 spiro atoms. The van der Waals surface area contributed by atoms with Crippen LogP contribution in [0.5, 0.6) is 0 Å². The molecule has 1 aromatic carbocycles. The quantitative estimate of drug-likeness (QED) is 0.314. The highest BCUT2D eigenvalue weighted by atomic mass is 19.4. The van der Waals surface area contributed by atoms with Gasteiger partial charge in [0.1, 0.15) is 11.6 Å². The molecule has 31 heavy (non-hydrogen) atoms. The number of carbonyl (C=O) groups is 1. The topological polar surface area (TPSA) is 30.0 Å². The molecular formula is C25H29F4NO. The molecule has 0 saturated carbocycles. The van der Waals surface area contributed by atoms with Crippen LogP contribution in [0, 0.1) is 5.82 Å². The van der Waals surface area contributed by atoms with Crippen molar-refractivity contribution >= 4 is 5.78 Å². The number of fused-ring (bicyclic) bond motifs is 1. The second kappa shape index (κ2) is 10.4. The van der Waals surface area contributed by atoms with Gasteiger partial charge in [0.15, 0.2) is 0 Å². The van der Waals surface area contributed by atoms with Crippen LogP contribution in [0.2, 0.25) is 0 Å². The molecule has 0 amide bonds. The Morgan fingerprint density at radius 3 is 2.61 bits per heavy atom. The predicted octanol–water partition coefficient (Wildman–Crippen LogP) is 6.98. The van der Waals surface area contributed by atoms with E-state index in [-0.39, 0.29) is 18.1 Å². The number of nitrogens with zero attached hydrogens (tertiary/aromatic N) is 1. The van der Waals surface area contributed by atoms with Gasteiger partial charge in [-0.3, -0.25) is 9.78 Å². The maximum atomic E-state index is 13.5. The van der Waals surface area contributed by atoms with Crippen molar-refractivity contribution in [3.63, 3.8) is 0 Å². The lowest BCUT2D eigenvalue weighted by Gasteiger charge is -2.17. The number of benzene rings is 1. The van der Waals surface area contributed by atoms with E-state index in [2.05, 4.69) is 12.1 Å². The number of halogens is 4. The first-order valence-electron chi connectivity index (χ1n) is 11.1. The molecule has 0 radical (unpaired) electrons. The molecule has 2 nitrogen and oxygen atoms in total. The number of hydrogen-bond donors (Lipinski definition) is 0. The molecule has 3 rings (SSSR count). The monoisotopic (exact) mass is 435 g/mol. The number of aryl methyl sites for hydroxylation is 3. The minimum Gasteiger partial charge on any atom is -0.300 e. The molecule has 0 fully saturated rings. The SMILES string of the molecule is CCC(CC(=O)CCCCc1ccc2c(n1)CCCC2)c1ccc(F)c(C(F)(F)F)c1. The van der Waals surface area contributed by atoms with Crippen molar-refractivity contribution in [2.24, 2.45) is 0 Å². The minimum absolute atomic E-state index is 0.0307. The molecular weight excluding hydrogens is 406 g/mol. The van der Waals surface area contributed by atoms with Crippen molar-refractivity contribution in [2.75, 3.05) is 0 Å². The van der Waals surface area contributed by atoms with E-state index in [0.29, 0.717) is 18.4 Å². The number of Topliss-reactive ketones (excluding diaryl/α,β-unsaturated/α-hetero) is 1. The molecule has 2 aromatic rings. The number of rotatable bonds is 9. The molecule has 1 aliphatic rings. The van der Waals surface area contributed by atoms with Gasteiger partial charge in [0.2, 0.25) is 0 Å². The number of hydrogen-bond acceptors (Lipinski definition) is 2. The van der Waals surface area contributed by atoms with Gasteiger partial charge in [-0.25, -0.2) is 4.39 Å². The van der Waals surface area contributed by atoms with Gasteiger partial charge in [0, 0.05) is 24.2 Å². The van der Waals surface area contributed by atoms with Gasteiger partial charge in [0.05, 0.1) is 5.56 Å². The molecule has 0 saturated heterocycles. The van der Waals surface area contributed by atoms with E-state index < -0.39 is 17.6 Å². The summed E-state index contributed by atoms with van der Waals surface area (Å²) in [6.45, 7) is 1.83. The molecule has 168 valence electrons. The maximum absolute atomic E-state index is 13.5. The van der Waals surface area contributed by atoms with Gasteiger partial charge in [0.25, 0.3) is 0 Å². The highest BCUT2D eigenvalue weighted by Crippen LogP contribution is 2.35. The predicted molar refractivity (Wildman–Crippen MR) is 112 cm³/mol. The summed E-state index contributed by atoms with van der Waals surface area (Å²) in [5.41, 5.74) is 2.72. The molecule has 1 aromatic heterocycles. The Kier molecular flexibility index (Phi) is 7.84. The van der Waals surface area contributed by atoms with Crippen molar-refractivity contribution in [1.29, 1.82) is 0 Å². The van der Waals surface area contributed by atoms with Crippen LogP contribution in [-0.2, 0) is 30.2 Å². The lowest BCUT2D eigenvalue weighted by Crippen LogP contribution is -2.12. The fraction of sp³-hybridized carbons (Fsp3) is 0.520. The number of pyridine rings is 1. The number of unbranched alkanes of at least 4 members (excludes halogenated alkanes) is 1. The zero-order chi connectivity index (χ0) is 22.4. The fourth-order valence-electron chi connectivity index (χ4n) is 4.28. The van der Waals surface area contributed by atoms with Gasteiger partial charge < -0.3 is 0 Å². The van der Waals surface area contributed by atoms with Gasteiger partial charge in [-0.05, 0) is 86.6 Å². The number of carbonyl (C=O) groups excluding carboxylic acids is 1. The summed E-state index contributed by atoms with van der Waals surface area (Å²) in [6.07, 6.45) is 3.32. The number of ketones is 1. The third-order valence-corrected chi connectivity index (χ3v) is 6.11. The van der Waals surface area contributed by atoms with Gasteiger partial charge in [-0.2, -0.15) is 13.2 Å². The first-order chi connectivity index (χ1) is 14.8. The van der Waals surface area contributed by atoms with E-state index in [1.807, 2.05) is 6.92 Å². The highest BCUT2D eigenvalue weighted by Gasteiger charge is 2.34. The van der Waals surface area contributed by atoms with Crippen LogP contribution in [-0.4, -0.2) is 10.8 Å². The number of aromatic nitrogens is 1. The van der Waals surface area contributed by atoms with E-state index >= 15 is 0 Å². The first-order valence-corrected chi connectivity index (χ1v) is 11.1. The Hall–Kier alpha value is -2.24. The maximum Gasteiger partial charge on any atom is 0.419 e. The third kappa shape index (κ3) is 6.37. The Balaban J connectivity index is 1.49. The van der Waals surface area contributed by atoms with Crippen LogP contribution >= 0.6 is 0 Å². The summed E-state index contributed by atoms with van der Waals surface area (Å²) in [5, 5.41) is 0. The molecule has 0 N–H and O–H groups in total.